The molecule has 0 aliphatic heterocycles. The second-order valence-corrected chi connectivity index (χ2v) is 3.09. The second kappa shape index (κ2) is 2.40. The molecule has 0 unspecified atom stereocenters. The number of hydrogen-bond donors (Lipinski definition) is 1. The normalized spacial score (nSPS) is 12.7. The molecule has 0 atom stereocenters. The van der Waals surface area contributed by atoms with E-state index >= 15 is 0 Å². The van der Waals surface area contributed by atoms with Gasteiger partial charge in [0.15, 0.2) is 0 Å². The molecule has 10 heavy (non-hydrogen) atoms. The highest BCUT2D eigenvalue weighted by atomic mass is 32.2. The van der Waals surface area contributed by atoms with Crippen LogP contribution in [0.15, 0.2) is 35.2 Å². The van der Waals surface area contributed by atoms with Crippen LogP contribution in [0, 0.1) is 0 Å². The molecule has 1 aromatic carbocycles. The number of hydrogen-bond acceptors (Lipinski definition) is 2. The summed E-state index contributed by atoms with van der Waals surface area (Å²) in [7, 11) is -4.22. The van der Waals surface area contributed by atoms with E-state index in [1.54, 1.807) is 0 Å². The van der Waals surface area contributed by atoms with Crippen LogP contribution >= 0.6 is 0 Å². The van der Waals surface area contributed by atoms with Gasteiger partial charge in [0.25, 0.3) is 10.1 Å². The Morgan fingerprint density at radius 3 is 2.50 bits per heavy atom. The third-order valence-corrected chi connectivity index (χ3v) is 1.77. The van der Waals surface area contributed by atoms with E-state index in [2.05, 4.69) is 0 Å². The molecule has 4 heteroatoms. The molecular formula is C6H6O3S. The van der Waals surface area contributed by atoms with Gasteiger partial charge < -0.3 is 0 Å². The van der Waals surface area contributed by atoms with Crippen LogP contribution in [0.2, 0.25) is 0 Å². The van der Waals surface area contributed by atoms with E-state index in [0.717, 1.165) is 0 Å². The lowest BCUT2D eigenvalue weighted by molar-refractivity contribution is 0.483. The molecule has 3 nitrogen and oxygen atoms in total. The molecule has 0 bridgehead atoms. The van der Waals surface area contributed by atoms with Crippen LogP contribution in [0.5, 0.6) is 0 Å². The van der Waals surface area contributed by atoms with Crippen molar-refractivity contribution in [3.63, 3.8) is 0 Å². The molecule has 0 heterocycles. The Hall–Kier alpha value is -0.870. The maximum absolute atomic E-state index is 10.5. The standard InChI is InChI=1S/C6H6O3S/c7-10(8,9)6-4-2-1-3-5-6/h1-5H,(H,7,8,9)/i4T. The quantitative estimate of drug-likeness (QED) is 0.622. The van der Waals surface area contributed by atoms with Gasteiger partial charge in [-0.25, -0.2) is 0 Å². The zero-order chi connectivity index (χ0) is 8.48. The molecule has 1 aromatic rings. The topological polar surface area (TPSA) is 54.4 Å². The minimum atomic E-state index is -4.22. The summed E-state index contributed by atoms with van der Waals surface area (Å²) >= 11 is 0. The van der Waals surface area contributed by atoms with Crippen molar-refractivity contribution in [1.82, 2.24) is 0 Å². The largest absolute Gasteiger partial charge is 0.294 e. The molecule has 0 radical (unpaired) electrons. The van der Waals surface area contributed by atoms with E-state index in [-0.39, 0.29) is 10.9 Å². The Labute approximate surface area is 60.5 Å². The third kappa shape index (κ3) is 1.55. The van der Waals surface area contributed by atoms with Crippen LogP contribution in [0.1, 0.15) is 1.37 Å². The van der Waals surface area contributed by atoms with Gasteiger partial charge in [0.1, 0.15) is 0 Å². The summed E-state index contributed by atoms with van der Waals surface area (Å²) in [6, 6.07) is 5.24. The smallest absolute Gasteiger partial charge is 0.282 e. The summed E-state index contributed by atoms with van der Waals surface area (Å²) in [5, 5.41) is 0. The maximum Gasteiger partial charge on any atom is 0.294 e. The molecule has 54 valence electrons. The van der Waals surface area contributed by atoms with Gasteiger partial charge in [-0.1, -0.05) is 18.2 Å². The van der Waals surface area contributed by atoms with Crippen molar-refractivity contribution in [1.29, 1.82) is 0 Å². The van der Waals surface area contributed by atoms with Crippen LogP contribution in [0.25, 0.3) is 0 Å². The van der Waals surface area contributed by atoms with E-state index in [4.69, 9.17) is 5.92 Å². The summed E-state index contributed by atoms with van der Waals surface area (Å²) in [5.41, 5.74) is 0. The molecule has 0 saturated carbocycles. The molecular weight excluding hydrogens is 152 g/mol. The molecule has 0 fully saturated rings. The van der Waals surface area contributed by atoms with Gasteiger partial charge in [0.05, 0.1) is 6.27 Å². The van der Waals surface area contributed by atoms with Crippen molar-refractivity contribution >= 4 is 10.1 Å². The average Bonchev–Trinajstić information content (AvgIpc) is 1.86. The summed E-state index contributed by atoms with van der Waals surface area (Å²) in [5.74, 6) is 0. The highest BCUT2D eigenvalue weighted by Gasteiger charge is 2.05. The lowest BCUT2D eigenvalue weighted by Crippen LogP contribution is -1.96. The number of rotatable bonds is 1. The first-order chi connectivity index (χ1) is 5.02. The molecule has 0 aromatic heterocycles. The van der Waals surface area contributed by atoms with Crippen LogP contribution in [0.3, 0.4) is 0 Å². The lowest BCUT2D eigenvalue weighted by Gasteiger charge is -1.92. The minimum Gasteiger partial charge on any atom is -0.282 e. The van der Waals surface area contributed by atoms with Gasteiger partial charge in [-0.2, -0.15) is 8.42 Å². The Kier molecular flexibility index (Phi) is 1.41. The van der Waals surface area contributed by atoms with E-state index < -0.39 is 10.1 Å². The molecule has 0 amide bonds. The van der Waals surface area contributed by atoms with Gasteiger partial charge in [-0.3, -0.25) is 4.55 Å². The average molecular weight is 160 g/mol. The first kappa shape index (κ1) is 5.88. The fourth-order valence-corrected chi connectivity index (χ4v) is 1.00. The molecule has 1 N–H and O–H groups in total. The van der Waals surface area contributed by atoms with Gasteiger partial charge in [-0.15, -0.1) is 0 Å². The van der Waals surface area contributed by atoms with E-state index in [9.17, 15) is 8.42 Å². The predicted octanol–water partition coefficient (Wildman–Crippen LogP) is 0.933. The fourth-order valence-electron chi connectivity index (χ4n) is 0.537. The van der Waals surface area contributed by atoms with Crippen LogP contribution in [-0.2, 0) is 10.1 Å². The van der Waals surface area contributed by atoms with Crippen molar-refractivity contribution in [2.75, 3.05) is 0 Å². The Balaban J connectivity index is 3.37. The third-order valence-electron chi connectivity index (χ3n) is 0.958. The summed E-state index contributed by atoms with van der Waals surface area (Å²) in [4.78, 5) is -0.361. The van der Waals surface area contributed by atoms with Crippen molar-refractivity contribution in [3.05, 3.63) is 30.3 Å². The van der Waals surface area contributed by atoms with Crippen molar-refractivity contribution < 1.29 is 14.3 Å². The fraction of sp³-hybridized carbons (Fsp3) is 0. The van der Waals surface area contributed by atoms with E-state index in [1.165, 1.54) is 24.3 Å². The SMILES string of the molecule is [3H]c1ccccc1S(=O)(=O)O. The molecule has 1 rings (SSSR count). The van der Waals surface area contributed by atoms with Crippen LogP contribution in [0.4, 0.5) is 0 Å². The molecule has 0 aliphatic rings. The van der Waals surface area contributed by atoms with Gasteiger partial charge in [-0.05, 0) is 12.1 Å². The monoisotopic (exact) mass is 160 g/mol. The number of benzene rings is 1. The Morgan fingerprint density at radius 2 is 2.10 bits per heavy atom. The minimum absolute atomic E-state index is 0.199. The summed E-state index contributed by atoms with van der Waals surface area (Å²) in [6.07, 6.45) is 0. The van der Waals surface area contributed by atoms with Gasteiger partial charge in [0, 0.05) is 0 Å². The summed E-state index contributed by atoms with van der Waals surface area (Å²) < 4.78 is 36.6. The van der Waals surface area contributed by atoms with Gasteiger partial charge in [0.2, 0.25) is 0 Å². The summed E-state index contributed by atoms with van der Waals surface area (Å²) in [6.45, 7) is 0. The van der Waals surface area contributed by atoms with E-state index in [0.29, 0.717) is 0 Å². The van der Waals surface area contributed by atoms with Crippen LogP contribution < -0.4 is 0 Å². The molecule has 0 saturated heterocycles. The second-order valence-electron chi connectivity index (χ2n) is 1.70. The predicted molar refractivity (Wildman–Crippen MR) is 36.3 cm³/mol. The Morgan fingerprint density at radius 1 is 1.40 bits per heavy atom. The first-order valence-electron chi connectivity index (χ1n) is 3.05. The van der Waals surface area contributed by atoms with Crippen molar-refractivity contribution in [3.8, 4) is 0 Å². The Bertz CT molecular complexity index is 358. The maximum atomic E-state index is 10.5. The lowest BCUT2D eigenvalue weighted by atomic mass is 10.4. The first-order valence-corrected chi connectivity index (χ1v) is 3.99. The van der Waals surface area contributed by atoms with Crippen LogP contribution in [-0.4, -0.2) is 13.0 Å². The highest BCUT2D eigenvalue weighted by Crippen LogP contribution is 2.05. The highest BCUT2D eigenvalue weighted by molar-refractivity contribution is 7.85. The molecule has 0 spiro atoms. The van der Waals surface area contributed by atoms with E-state index in [1.807, 2.05) is 0 Å². The van der Waals surface area contributed by atoms with Gasteiger partial charge >= 0.3 is 0 Å². The molecule has 0 aliphatic carbocycles. The van der Waals surface area contributed by atoms with Crippen molar-refractivity contribution in [2.24, 2.45) is 0 Å². The van der Waals surface area contributed by atoms with Crippen molar-refractivity contribution in [2.45, 2.75) is 4.90 Å². The zero-order valence-corrected chi connectivity index (χ0v) is 5.80. The zero-order valence-electron chi connectivity index (χ0n) is 5.98.